The lowest BCUT2D eigenvalue weighted by atomic mass is 10.2. The highest BCUT2D eigenvalue weighted by Crippen LogP contribution is 2.20. The number of sulfonamides is 1. The first-order valence-electron chi connectivity index (χ1n) is 8.27. The summed E-state index contributed by atoms with van der Waals surface area (Å²) < 4.78 is 45.6. The van der Waals surface area contributed by atoms with Gasteiger partial charge in [0.1, 0.15) is 11.6 Å². The molecule has 0 saturated carbocycles. The summed E-state index contributed by atoms with van der Waals surface area (Å²) in [5, 5.41) is 3.99. The van der Waals surface area contributed by atoms with E-state index in [1.165, 1.54) is 22.5 Å². The van der Waals surface area contributed by atoms with Crippen LogP contribution in [0.25, 0.3) is 0 Å². The van der Waals surface area contributed by atoms with Crippen molar-refractivity contribution < 1.29 is 17.3 Å². The Hall–Kier alpha value is -1.77. The van der Waals surface area contributed by atoms with Crippen LogP contribution in [0.1, 0.15) is 23.4 Å². The SMILES string of the molecule is Cc1cc(CN2CCCN(S(=O)(=O)c3ccc(F)c(C)c3)CC2)no1. The predicted octanol–water partition coefficient (Wildman–Crippen LogP) is 2.33. The van der Waals surface area contributed by atoms with Crippen molar-refractivity contribution >= 4 is 10.0 Å². The molecule has 1 aliphatic heterocycles. The maximum atomic E-state index is 13.4. The molecule has 1 saturated heterocycles. The summed E-state index contributed by atoms with van der Waals surface area (Å²) in [5.41, 5.74) is 1.18. The molecule has 2 aromatic rings. The third kappa shape index (κ3) is 4.08. The van der Waals surface area contributed by atoms with Crippen LogP contribution in [0.2, 0.25) is 0 Å². The van der Waals surface area contributed by atoms with E-state index < -0.39 is 15.8 Å². The Labute approximate surface area is 147 Å². The molecular formula is C17H22FN3O3S. The number of aromatic nitrogens is 1. The lowest BCUT2D eigenvalue weighted by Gasteiger charge is -2.21. The average molecular weight is 367 g/mol. The van der Waals surface area contributed by atoms with Crippen LogP contribution in [0.5, 0.6) is 0 Å². The number of hydrogen-bond donors (Lipinski definition) is 0. The monoisotopic (exact) mass is 367 g/mol. The lowest BCUT2D eigenvalue weighted by molar-refractivity contribution is 0.268. The topological polar surface area (TPSA) is 66.7 Å². The summed E-state index contributed by atoms with van der Waals surface area (Å²) in [6, 6.07) is 5.82. The van der Waals surface area contributed by atoms with Gasteiger partial charge in [-0.15, -0.1) is 0 Å². The standard InChI is InChI=1S/C17H22FN3O3S/c1-13-10-16(4-5-17(13)18)25(22,23)21-7-3-6-20(8-9-21)12-15-11-14(2)24-19-15/h4-5,10-11H,3,6-9,12H2,1-2H3. The van der Waals surface area contributed by atoms with Gasteiger partial charge in [-0.1, -0.05) is 5.16 Å². The third-order valence-corrected chi connectivity index (χ3v) is 6.27. The van der Waals surface area contributed by atoms with Gasteiger partial charge >= 0.3 is 0 Å². The number of hydrogen-bond acceptors (Lipinski definition) is 5. The minimum absolute atomic E-state index is 0.145. The van der Waals surface area contributed by atoms with E-state index in [0.29, 0.717) is 31.7 Å². The van der Waals surface area contributed by atoms with Gasteiger partial charge in [0.25, 0.3) is 0 Å². The van der Waals surface area contributed by atoms with Crippen molar-refractivity contribution in [3.63, 3.8) is 0 Å². The summed E-state index contributed by atoms with van der Waals surface area (Å²) in [5.74, 6) is 0.365. The van der Waals surface area contributed by atoms with Gasteiger partial charge in [-0.3, -0.25) is 4.90 Å². The highest BCUT2D eigenvalue weighted by Gasteiger charge is 2.27. The molecule has 0 amide bonds. The molecule has 0 unspecified atom stereocenters. The second-order valence-electron chi connectivity index (χ2n) is 6.37. The van der Waals surface area contributed by atoms with E-state index in [9.17, 15) is 12.8 Å². The Bertz CT molecular complexity index is 851. The molecular weight excluding hydrogens is 345 g/mol. The molecule has 25 heavy (non-hydrogen) atoms. The number of rotatable bonds is 4. The summed E-state index contributed by atoms with van der Waals surface area (Å²) in [4.78, 5) is 2.31. The first kappa shape index (κ1) is 18.0. The van der Waals surface area contributed by atoms with Crippen LogP contribution in [0.15, 0.2) is 33.7 Å². The number of benzene rings is 1. The summed E-state index contributed by atoms with van der Waals surface area (Å²) in [6.45, 7) is 6.31. The zero-order chi connectivity index (χ0) is 18.0. The summed E-state index contributed by atoms with van der Waals surface area (Å²) in [7, 11) is -3.61. The molecule has 1 aliphatic rings. The minimum atomic E-state index is -3.61. The zero-order valence-corrected chi connectivity index (χ0v) is 15.2. The molecule has 0 aliphatic carbocycles. The van der Waals surface area contributed by atoms with Gasteiger partial charge in [-0.25, -0.2) is 12.8 Å². The largest absolute Gasteiger partial charge is 0.361 e. The fourth-order valence-electron chi connectivity index (χ4n) is 2.99. The van der Waals surface area contributed by atoms with E-state index in [2.05, 4.69) is 10.1 Å². The van der Waals surface area contributed by atoms with Gasteiger partial charge in [0.05, 0.1) is 10.6 Å². The Morgan fingerprint density at radius 1 is 1.16 bits per heavy atom. The Balaban J connectivity index is 1.70. The third-order valence-electron chi connectivity index (χ3n) is 4.38. The van der Waals surface area contributed by atoms with E-state index in [4.69, 9.17) is 4.52 Å². The second-order valence-corrected chi connectivity index (χ2v) is 8.31. The van der Waals surface area contributed by atoms with E-state index in [1.54, 1.807) is 6.92 Å². The Morgan fingerprint density at radius 2 is 1.96 bits per heavy atom. The number of aryl methyl sites for hydroxylation is 2. The molecule has 1 fully saturated rings. The second kappa shape index (κ2) is 7.23. The maximum Gasteiger partial charge on any atom is 0.243 e. The quantitative estimate of drug-likeness (QED) is 0.830. The van der Waals surface area contributed by atoms with Gasteiger partial charge in [0, 0.05) is 32.2 Å². The maximum absolute atomic E-state index is 13.4. The van der Waals surface area contributed by atoms with Crippen molar-refractivity contribution in [1.29, 1.82) is 0 Å². The molecule has 0 atom stereocenters. The van der Waals surface area contributed by atoms with Crippen LogP contribution in [0, 0.1) is 19.7 Å². The number of halogens is 1. The van der Waals surface area contributed by atoms with Gasteiger partial charge in [-0.2, -0.15) is 4.31 Å². The highest BCUT2D eigenvalue weighted by atomic mass is 32.2. The average Bonchev–Trinajstić information content (AvgIpc) is 2.82. The van der Waals surface area contributed by atoms with Crippen molar-refractivity contribution in [2.45, 2.75) is 31.7 Å². The highest BCUT2D eigenvalue weighted by molar-refractivity contribution is 7.89. The molecule has 0 bridgehead atoms. The van der Waals surface area contributed by atoms with Crippen molar-refractivity contribution in [1.82, 2.24) is 14.4 Å². The molecule has 2 heterocycles. The van der Waals surface area contributed by atoms with Gasteiger partial charge in [0.15, 0.2) is 0 Å². The molecule has 6 nitrogen and oxygen atoms in total. The van der Waals surface area contributed by atoms with Crippen molar-refractivity contribution in [3.05, 3.63) is 47.1 Å². The molecule has 1 aromatic carbocycles. The zero-order valence-electron chi connectivity index (χ0n) is 14.4. The van der Waals surface area contributed by atoms with Crippen molar-refractivity contribution in [2.24, 2.45) is 0 Å². The van der Waals surface area contributed by atoms with Crippen molar-refractivity contribution in [3.8, 4) is 0 Å². The molecule has 3 rings (SSSR count). The number of nitrogens with zero attached hydrogens (tertiary/aromatic N) is 3. The fourth-order valence-corrected chi connectivity index (χ4v) is 4.55. The first-order valence-corrected chi connectivity index (χ1v) is 9.71. The predicted molar refractivity (Wildman–Crippen MR) is 91.0 cm³/mol. The van der Waals surface area contributed by atoms with Crippen LogP contribution in [0.3, 0.4) is 0 Å². The molecule has 0 N–H and O–H groups in total. The summed E-state index contributed by atoms with van der Waals surface area (Å²) in [6.07, 6.45) is 0.732. The van der Waals surface area contributed by atoms with Crippen molar-refractivity contribution in [2.75, 3.05) is 26.2 Å². The van der Waals surface area contributed by atoms with Gasteiger partial charge < -0.3 is 4.52 Å². The van der Waals surface area contributed by atoms with Crippen LogP contribution < -0.4 is 0 Å². The minimum Gasteiger partial charge on any atom is -0.361 e. The van der Waals surface area contributed by atoms with E-state index in [1.807, 2.05) is 13.0 Å². The van der Waals surface area contributed by atoms with E-state index in [-0.39, 0.29) is 4.90 Å². The van der Waals surface area contributed by atoms with E-state index in [0.717, 1.165) is 24.4 Å². The lowest BCUT2D eigenvalue weighted by Crippen LogP contribution is -2.35. The smallest absolute Gasteiger partial charge is 0.243 e. The molecule has 0 spiro atoms. The van der Waals surface area contributed by atoms with Crippen LogP contribution >= 0.6 is 0 Å². The first-order chi connectivity index (χ1) is 11.9. The van der Waals surface area contributed by atoms with Gasteiger partial charge in [-0.05, 0) is 50.6 Å². The van der Waals surface area contributed by atoms with Gasteiger partial charge in [0.2, 0.25) is 10.0 Å². The fraction of sp³-hybridized carbons (Fsp3) is 0.471. The van der Waals surface area contributed by atoms with Crippen LogP contribution in [-0.4, -0.2) is 49.0 Å². The van der Waals surface area contributed by atoms with Crippen LogP contribution in [-0.2, 0) is 16.6 Å². The molecule has 8 heteroatoms. The summed E-state index contributed by atoms with van der Waals surface area (Å²) >= 11 is 0. The Kier molecular flexibility index (Phi) is 5.21. The Morgan fingerprint density at radius 3 is 2.64 bits per heavy atom. The normalized spacial score (nSPS) is 17.6. The van der Waals surface area contributed by atoms with E-state index >= 15 is 0 Å². The van der Waals surface area contributed by atoms with Crippen LogP contribution in [0.4, 0.5) is 4.39 Å². The molecule has 136 valence electrons. The molecule has 1 aromatic heterocycles. The molecule has 0 radical (unpaired) electrons.